The van der Waals surface area contributed by atoms with Gasteiger partial charge in [-0.15, -0.1) is 0 Å². The number of ether oxygens (including phenoxy) is 1. The molecule has 0 saturated heterocycles. The van der Waals surface area contributed by atoms with Gasteiger partial charge in [0.15, 0.2) is 5.82 Å². The Morgan fingerprint density at radius 1 is 1.11 bits per heavy atom. The number of fused-ring (bicyclic) bond motifs is 4. The zero-order valence-corrected chi connectivity index (χ0v) is 19.3. The molecular formula is C26H26N6O3. The summed E-state index contributed by atoms with van der Waals surface area (Å²) in [5.74, 6) is 1.30. The minimum absolute atomic E-state index is 0.155. The van der Waals surface area contributed by atoms with Crippen LogP contribution in [0.5, 0.6) is 5.75 Å². The van der Waals surface area contributed by atoms with E-state index in [9.17, 15) is 9.90 Å². The van der Waals surface area contributed by atoms with Crippen molar-refractivity contribution in [3.8, 4) is 28.4 Å². The van der Waals surface area contributed by atoms with E-state index in [1.807, 2.05) is 36.5 Å². The minimum atomic E-state index is -0.727. The van der Waals surface area contributed by atoms with Crippen molar-refractivity contribution in [1.82, 2.24) is 24.9 Å². The van der Waals surface area contributed by atoms with Crippen LogP contribution in [-0.4, -0.2) is 49.1 Å². The minimum Gasteiger partial charge on any atom is -0.497 e. The first-order chi connectivity index (χ1) is 17.1. The van der Waals surface area contributed by atoms with Gasteiger partial charge >= 0.3 is 5.97 Å². The van der Waals surface area contributed by atoms with Gasteiger partial charge in [-0.3, -0.25) is 4.79 Å². The van der Waals surface area contributed by atoms with Crippen LogP contribution in [0.15, 0.2) is 49.1 Å². The van der Waals surface area contributed by atoms with E-state index < -0.39 is 11.9 Å². The van der Waals surface area contributed by atoms with Gasteiger partial charge < -0.3 is 20.1 Å². The zero-order chi connectivity index (χ0) is 23.9. The second-order valence-electron chi connectivity index (χ2n) is 9.39. The lowest BCUT2D eigenvalue weighted by Gasteiger charge is -2.47. The average molecular weight is 471 g/mol. The molecule has 0 amide bonds. The lowest BCUT2D eigenvalue weighted by Crippen LogP contribution is -2.51. The molecule has 2 bridgehead atoms. The van der Waals surface area contributed by atoms with Gasteiger partial charge in [0.1, 0.15) is 23.5 Å². The fraction of sp³-hybridized carbons (Fsp3) is 0.346. The number of carbonyl (C=O) groups is 1. The number of nitrogens with one attached hydrogen (secondary N) is 2. The number of hydrogen-bond acceptors (Lipinski definition) is 7. The molecule has 3 aliphatic rings. The third kappa shape index (κ3) is 3.86. The van der Waals surface area contributed by atoms with Crippen molar-refractivity contribution in [3.63, 3.8) is 0 Å². The molecule has 3 aliphatic carbocycles. The van der Waals surface area contributed by atoms with Gasteiger partial charge in [-0.1, -0.05) is 0 Å². The Hall–Kier alpha value is -4.01. The van der Waals surface area contributed by atoms with E-state index in [0.717, 1.165) is 53.6 Å². The summed E-state index contributed by atoms with van der Waals surface area (Å²) in [6, 6.07) is 9.44. The molecule has 178 valence electrons. The number of carboxylic acid groups (broad SMARTS) is 1. The Morgan fingerprint density at radius 2 is 1.89 bits per heavy atom. The van der Waals surface area contributed by atoms with Gasteiger partial charge in [-0.25, -0.2) is 19.9 Å². The number of aromatic nitrogens is 5. The molecule has 0 spiro atoms. The summed E-state index contributed by atoms with van der Waals surface area (Å²) in [4.78, 5) is 33.5. The summed E-state index contributed by atoms with van der Waals surface area (Å²) >= 11 is 0. The van der Waals surface area contributed by atoms with Crippen molar-refractivity contribution < 1.29 is 14.6 Å². The van der Waals surface area contributed by atoms with Gasteiger partial charge in [0, 0.05) is 41.0 Å². The number of anilines is 1. The Bertz CT molecular complexity index is 1380. The van der Waals surface area contributed by atoms with E-state index in [4.69, 9.17) is 14.7 Å². The highest BCUT2D eigenvalue weighted by Gasteiger charge is 2.47. The van der Waals surface area contributed by atoms with Gasteiger partial charge in [0.05, 0.1) is 18.7 Å². The number of H-pyrrole nitrogens is 1. The van der Waals surface area contributed by atoms with E-state index in [-0.39, 0.29) is 12.0 Å². The lowest BCUT2D eigenvalue weighted by molar-refractivity contribution is -0.148. The summed E-state index contributed by atoms with van der Waals surface area (Å²) in [6.07, 6.45) is 9.14. The summed E-state index contributed by atoms with van der Waals surface area (Å²) in [5, 5.41) is 14.4. The SMILES string of the molecule is COc1ccc(-c2cc(NC3C4CCC(CC4)C3C(=O)O)nc(-c3c[nH]c4ncncc34)n2)cc1. The van der Waals surface area contributed by atoms with Gasteiger partial charge in [-0.2, -0.15) is 0 Å². The molecular weight excluding hydrogens is 444 g/mol. The normalized spacial score (nSPS) is 23.3. The number of carboxylic acids is 1. The van der Waals surface area contributed by atoms with Crippen molar-refractivity contribution in [3.05, 3.63) is 49.1 Å². The van der Waals surface area contributed by atoms with Crippen molar-refractivity contribution in [1.29, 1.82) is 0 Å². The third-order valence-corrected chi connectivity index (χ3v) is 7.53. The first-order valence-electron chi connectivity index (χ1n) is 11.9. The molecule has 3 aromatic heterocycles. The maximum Gasteiger partial charge on any atom is 0.308 e. The standard InChI is InChI=1S/C26H26N6O3/c1-35-17-8-6-14(7-9-17)20-10-21(31-23-16-4-2-15(3-5-16)22(23)26(33)34)32-25(30-20)19-12-28-24-18(19)11-27-13-29-24/h6-13,15-16,22-23H,2-5H2,1H3,(H,33,34)(H,27,28,29)(H,30,31,32). The Labute approximate surface area is 202 Å². The van der Waals surface area contributed by atoms with E-state index in [1.54, 1.807) is 13.3 Å². The largest absolute Gasteiger partial charge is 0.497 e. The van der Waals surface area contributed by atoms with Crippen LogP contribution in [0, 0.1) is 17.8 Å². The predicted octanol–water partition coefficient (Wildman–Crippen LogP) is 4.39. The maximum atomic E-state index is 12.2. The molecule has 1 aromatic carbocycles. The highest BCUT2D eigenvalue weighted by molar-refractivity contribution is 5.91. The van der Waals surface area contributed by atoms with Crippen LogP contribution in [0.4, 0.5) is 5.82 Å². The third-order valence-electron chi connectivity index (χ3n) is 7.53. The Balaban J connectivity index is 1.44. The van der Waals surface area contributed by atoms with Gasteiger partial charge in [0.2, 0.25) is 0 Å². The van der Waals surface area contributed by atoms with Crippen LogP contribution in [-0.2, 0) is 4.79 Å². The van der Waals surface area contributed by atoms with Crippen LogP contribution in [0.2, 0.25) is 0 Å². The highest BCUT2D eigenvalue weighted by atomic mass is 16.5. The highest BCUT2D eigenvalue weighted by Crippen LogP contribution is 2.46. The maximum absolute atomic E-state index is 12.2. The molecule has 3 saturated carbocycles. The number of rotatable bonds is 6. The predicted molar refractivity (Wildman–Crippen MR) is 131 cm³/mol. The lowest BCUT2D eigenvalue weighted by atomic mass is 9.61. The monoisotopic (exact) mass is 470 g/mol. The van der Waals surface area contributed by atoms with E-state index >= 15 is 0 Å². The smallest absolute Gasteiger partial charge is 0.308 e. The number of hydrogen-bond donors (Lipinski definition) is 3. The van der Waals surface area contributed by atoms with Crippen molar-refractivity contribution in [2.24, 2.45) is 17.8 Å². The number of aromatic amines is 1. The number of methoxy groups -OCH3 is 1. The first-order valence-corrected chi connectivity index (χ1v) is 11.9. The molecule has 7 rings (SSSR count). The van der Waals surface area contributed by atoms with E-state index in [2.05, 4.69) is 20.3 Å². The average Bonchev–Trinajstić information content (AvgIpc) is 3.33. The van der Waals surface area contributed by atoms with Gasteiger partial charge in [-0.05, 0) is 61.8 Å². The topological polar surface area (TPSA) is 126 Å². The van der Waals surface area contributed by atoms with Gasteiger partial charge in [0.25, 0.3) is 0 Å². The molecule has 3 heterocycles. The van der Waals surface area contributed by atoms with Crippen molar-refractivity contribution >= 4 is 22.8 Å². The zero-order valence-electron chi connectivity index (χ0n) is 19.3. The molecule has 2 unspecified atom stereocenters. The molecule has 9 heteroatoms. The number of nitrogens with zero attached hydrogens (tertiary/aromatic N) is 4. The molecule has 35 heavy (non-hydrogen) atoms. The summed E-state index contributed by atoms with van der Waals surface area (Å²) in [5.41, 5.74) is 3.14. The summed E-state index contributed by atoms with van der Waals surface area (Å²) in [7, 11) is 1.63. The molecule has 9 nitrogen and oxygen atoms in total. The molecule has 2 atom stereocenters. The number of benzene rings is 1. The molecule has 0 aliphatic heterocycles. The van der Waals surface area contributed by atoms with Crippen LogP contribution in [0.3, 0.4) is 0 Å². The second kappa shape index (κ2) is 8.65. The fourth-order valence-electron chi connectivity index (χ4n) is 5.78. The van der Waals surface area contributed by atoms with Crippen molar-refractivity contribution in [2.75, 3.05) is 12.4 Å². The van der Waals surface area contributed by atoms with Crippen LogP contribution < -0.4 is 10.1 Å². The van der Waals surface area contributed by atoms with E-state index in [0.29, 0.717) is 23.2 Å². The molecule has 0 radical (unpaired) electrons. The molecule has 3 fully saturated rings. The van der Waals surface area contributed by atoms with Crippen LogP contribution in [0.1, 0.15) is 25.7 Å². The fourth-order valence-corrected chi connectivity index (χ4v) is 5.78. The summed E-state index contributed by atoms with van der Waals surface area (Å²) in [6.45, 7) is 0. The van der Waals surface area contributed by atoms with E-state index in [1.165, 1.54) is 6.33 Å². The second-order valence-corrected chi connectivity index (χ2v) is 9.39. The Morgan fingerprint density at radius 3 is 2.63 bits per heavy atom. The molecule has 3 N–H and O–H groups in total. The summed E-state index contributed by atoms with van der Waals surface area (Å²) < 4.78 is 5.30. The van der Waals surface area contributed by atoms with Crippen LogP contribution >= 0.6 is 0 Å². The quantitative estimate of drug-likeness (QED) is 0.379. The first kappa shape index (κ1) is 21.5. The Kier molecular flexibility index (Phi) is 5.32. The molecule has 4 aromatic rings. The van der Waals surface area contributed by atoms with Crippen LogP contribution in [0.25, 0.3) is 33.7 Å². The number of aliphatic carboxylic acids is 1. The van der Waals surface area contributed by atoms with Crippen molar-refractivity contribution in [2.45, 2.75) is 31.7 Å².